The number of likely N-dealkylation sites (tertiary alicyclic amines) is 1. The molecule has 1 N–H and O–H groups in total. The van der Waals surface area contributed by atoms with E-state index in [-0.39, 0.29) is 23.8 Å². The summed E-state index contributed by atoms with van der Waals surface area (Å²) in [6.45, 7) is 0.405. The Morgan fingerprint density at radius 1 is 1.38 bits per heavy atom. The number of anilines is 1. The predicted octanol–water partition coefficient (Wildman–Crippen LogP) is 0.831. The smallest absolute Gasteiger partial charge is 0.269 e. The third kappa shape index (κ3) is 3.54. The van der Waals surface area contributed by atoms with Crippen LogP contribution >= 0.6 is 0 Å². The number of carbonyl (C=O) groups is 2. The van der Waals surface area contributed by atoms with Gasteiger partial charge in [0.15, 0.2) is 0 Å². The van der Waals surface area contributed by atoms with Crippen LogP contribution in [0.4, 0.5) is 5.69 Å². The molecule has 0 saturated carbocycles. The highest BCUT2D eigenvalue weighted by Gasteiger charge is 2.39. The standard InChI is InChI=1S/C18H24N6O2/c1-22(2)14-5-6-19-15(8-14)18(26)20-9-12-7-16(25)24(4)17(12)13-10-21-23(3)11-13/h5-6,8,10-12,17H,7,9H2,1-4H3,(H,20,26)/t12-,17+/m0/s1. The SMILES string of the molecule is CN(C)c1ccnc(C(=O)NC[C@@H]2CC(=O)N(C)[C@H]2c2cnn(C)c2)c1. The summed E-state index contributed by atoms with van der Waals surface area (Å²) in [6.07, 6.45) is 5.71. The lowest BCUT2D eigenvalue weighted by Crippen LogP contribution is -2.33. The van der Waals surface area contributed by atoms with Gasteiger partial charge in [0, 0.05) is 70.7 Å². The fraction of sp³-hybridized carbons (Fsp3) is 0.444. The summed E-state index contributed by atoms with van der Waals surface area (Å²) in [7, 11) is 7.47. The van der Waals surface area contributed by atoms with Crippen molar-refractivity contribution >= 4 is 17.5 Å². The van der Waals surface area contributed by atoms with Crippen molar-refractivity contribution in [1.29, 1.82) is 0 Å². The Morgan fingerprint density at radius 2 is 2.15 bits per heavy atom. The van der Waals surface area contributed by atoms with Gasteiger partial charge in [0.1, 0.15) is 5.69 Å². The zero-order valence-corrected chi connectivity index (χ0v) is 15.5. The predicted molar refractivity (Wildman–Crippen MR) is 97.7 cm³/mol. The third-order valence-corrected chi connectivity index (χ3v) is 4.78. The average Bonchev–Trinajstić information content (AvgIpc) is 3.16. The minimum atomic E-state index is -0.236. The summed E-state index contributed by atoms with van der Waals surface area (Å²) in [5.74, 6) is -0.163. The molecule has 0 aliphatic carbocycles. The second-order valence-electron chi connectivity index (χ2n) is 6.86. The van der Waals surface area contributed by atoms with E-state index in [0.717, 1.165) is 11.3 Å². The van der Waals surface area contributed by atoms with Crippen molar-refractivity contribution < 1.29 is 9.59 Å². The first-order chi connectivity index (χ1) is 12.4. The molecule has 8 nitrogen and oxygen atoms in total. The molecule has 2 aromatic heterocycles. The van der Waals surface area contributed by atoms with Crippen molar-refractivity contribution in [3.05, 3.63) is 42.0 Å². The maximum Gasteiger partial charge on any atom is 0.269 e. The maximum absolute atomic E-state index is 12.5. The summed E-state index contributed by atoms with van der Waals surface area (Å²) in [6, 6.07) is 3.51. The number of hydrogen-bond acceptors (Lipinski definition) is 5. The minimum absolute atomic E-state index is 0.00215. The highest BCUT2D eigenvalue weighted by Crippen LogP contribution is 2.36. The van der Waals surface area contributed by atoms with Crippen molar-refractivity contribution in [3.63, 3.8) is 0 Å². The zero-order chi connectivity index (χ0) is 18.8. The molecule has 2 atom stereocenters. The van der Waals surface area contributed by atoms with E-state index in [1.807, 2.05) is 38.3 Å². The number of aryl methyl sites for hydroxylation is 1. The van der Waals surface area contributed by atoms with Crippen LogP contribution in [0.1, 0.15) is 28.5 Å². The summed E-state index contributed by atoms with van der Waals surface area (Å²) in [5, 5.41) is 7.13. The van der Waals surface area contributed by atoms with E-state index in [9.17, 15) is 9.59 Å². The highest BCUT2D eigenvalue weighted by atomic mass is 16.2. The van der Waals surface area contributed by atoms with Gasteiger partial charge in [0.25, 0.3) is 5.91 Å². The number of nitrogens with one attached hydrogen (secondary N) is 1. The normalized spacial score (nSPS) is 19.7. The molecule has 3 rings (SSSR count). The molecule has 0 spiro atoms. The monoisotopic (exact) mass is 356 g/mol. The molecule has 2 aromatic rings. The second-order valence-corrected chi connectivity index (χ2v) is 6.86. The van der Waals surface area contributed by atoms with Crippen molar-refractivity contribution in [2.45, 2.75) is 12.5 Å². The van der Waals surface area contributed by atoms with E-state index in [1.54, 1.807) is 35.1 Å². The summed E-state index contributed by atoms with van der Waals surface area (Å²) in [4.78, 5) is 32.5. The molecule has 138 valence electrons. The molecule has 8 heteroatoms. The van der Waals surface area contributed by atoms with Crippen molar-refractivity contribution in [2.24, 2.45) is 13.0 Å². The van der Waals surface area contributed by atoms with Gasteiger partial charge in [-0.05, 0) is 12.1 Å². The Balaban J connectivity index is 1.70. The number of carbonyl (C=O) groups excluding carboxylic acids is 2. The van der Waals surface area contributed by atoms with Crippen molar-refractivity contribution in [2.75, 3.05) is 32.6 Å². The first kappa shape index (κ1) is 17.9. The zero-order valence-electron chi connectivity index (χ0n) is 15.5. The van der Waals surface area contributed by atoms with Gasteiger partial charge in [-0.15, -0.1) is 0 Å². The lowest BCUT2D eigenvalue weighted by Gasteiger charge is -2.24. The van der Waals surface area contributed by atoms with E-state index < -0.39 is 0 Å². The molecule has 26 heavy (non-hydrogen) atoms. The van der Waals surface area contributed by atoms with Crippen LogP contribution in [-0.4, -0.2) is 59.2 Å². The van der Waals surface area contributed by atoms with Gasteiger partial charge in [0.05, 0.1) is 12.2 Å². The second kappa shape index (κ2) is 7.15. The molecule has 0 bridgehead atoms. The molecule has 1 fully saturated rings. The van der Waals surface area contributed by atoms with Crippen LogP contribution in [0.5, 0.6) is 0 Å². The molecule has 1 aliphatic heterocycles. The lowest BCUT2D eigenvalue weighted by molar-refractivity contribution is -0.127. The van der Waals surface area contributed by atoms with Gasteiger partial charge >= 0.3 is 0 Å². The van der Waals surface area contributed by atoms with Crippen LogP contribution in [0.2, 0.25) is 0 Å². The topological polar surface area (TPSA) is 83.4 Å². The molecule has 1 aliphatic rings. The van der Waals surface area contributed by atoms with Gasteiger partial charge in [-0.2, -0.15) is 5.10 Å². The van der Waals surface area contributed by atoms with Crippen LogP contribution < -0.4 is 10.2 Å². The van der Waals surface area contributed by atoms with Gasteiger partial charge in [-0.25, -0.2) is 0 Å². The van der Waals surface area contributed by atoms with E-state index in [4.69, 9.17) is 0 Å². The van der Waals surface area contributed by atoms with Crippen LogP contribution in [0.15, 0.2) is 30.7 Å². The van der Waals surface area contributed by atoms with E-state index in [1.165, 1.54) is 0 Å². The lowest BCUT2D eigenvalue weighted by atomic mass is 9.95. The van der Waals surface area contributed by atoms with Crippen LogP contribution in [-0.2, 0) is 11.8 Å². The molecular formula is C18H24N6O2. The number of nitrogens with zero attached hydrogens (tertiary/aromatic N) is 5. The van der Waals surface area contributed by atoms with Crippen molar-refractivity contribution in [3.8, 4) is 0 Å². The van der Waals surface area contributed by atoms with Crippen LogP contribution in [0.25, 0.3) is 0 Å². The quantitative estimate of drug-likeness (QED) is 0.858. The van der Waals surface area contributed by atoms with Gasteiger partial charge in [-0.1, -0.05) is 0 Å². The number of amides is 2. The third-order valence-electron chi connectivity index (χ3n) is 4.78. The summed E-state index contributed by atoms with van der Waals surface area (Å²) in [5.41, 5.74) is 2.26. The Kier molecular flexibility index (Phi) is 4.92. The highest BCUT2D eigenvalue weighted by molar-refractivity contribution is 5.93. The molecule has 2 amide bonds. The van der Waals surface area contributed by atoms with Gasteiger partial charge in [0.2, 0.25) is 5.91 Å². The number of rotatable bonds is 5. The number of hydrogen-bond donors (Lipinski definition) is 1. The fourth-order valence-electron chi connectivity index (χ4n) is 3.36. The maximum atomic E-state index is 12.5. The van der Waals surface area contributed by atoms with Gasteiger partial charge in [-0.3, -0.25) is 19.3 Å². The molecule has 3 heterocycles. The molecule has 1 saturated heterocycles. The average molecular weight is 356 g/mol. The van der Waals surface area contributed by atoms with Crippen molar-refractivity contribution in [1.82, 2.24) is 25.0 Å². The first-order valence-corrected chi connectivity index (χ1v) is 8.52. The number of aromatic nitrogens is 3. The Bertz CT molecular complexity index is 816. The van der Waals surface area contributed by atoms with Crippen LogP contribution in [0, 0.1) is 5.92 Å². The molecule has 0 aromatic carbocycles. The largest absolute Gasteiger partial charge is 0.378 e. The van der Waals surface area contributed by atoms with E-state index in [2.05, 4.69) is 15.4 Å². The van der Waals surface area contributed by atoms with Crippen LogP contribution in [0.3, 0.4) is 0 Å². The van der Waals surface area contributed by atoms with Gasteiger partial charge < -0.3 is 15.1 Å². The summed E-state index contributed by atoms with van der Waals surface area (Å²) < 4.78 is 1.72. The molecular weight excluding hydrogens is 332 g/mol. The number of pyridine rings is 1. The molecule has 0 radical (unpaired) electrons. The first-order valence-electron chi connectivity index (χ1n) is 8.52. The fourth-order valence-corrected chi connectivity index (χ4v) is 3.36. The van der Waals surface area contributed by atoms with E-state index >= 15 is 0 Å². The van der Waals surface area contributed by atoms with E-state index in [0.29, 0.717) is 18.7 Å². The minimum Gasteiger partial charge on any atom is -0.378 e. The summed E-state index contributed by atoms with van der Waals surface area (Å²) >= 11 is 0. The molecule has 0 unspecified atom stereocenters. The Labute approximate surface area is 152 Å². The Hall–Kier alpha value is -2.90. The Morgan fingerprint density at radius 3 is 2.81 bits per heavy atom.